The second-order valence-corrected chi connectivity index (χ2v) is 8.77. The van der Waals surface area contributed by atoms with Crippen molar-refractivity contribution in [2.75, 3.05) is 33.3 Å². The van der Waals surface area contributed by atoms with Crippen molar-refractivity contribution in [3.63, 3.8) is 0 Å². The van der Waals surface area contributed by atoms with Gasteiger partial charge in [-0.1, -0.05) is 30.3 Å². The van der Waals surface area contributed by atoms with Crippen LogP contribution in [0.3, 0.4) is 0 Å². The van der Waals surface area contributed by atoms with Crippen LogP contribution in [0.1, 0.15) is 18.2 Å². The molecule has 1 aromatic heterocycles. The number of ether oxygens (including phenoxy) is 2. The first-order valence-corrected chi connectivity index (χ1v) is 11.8. The molecule has 1 fully saturated rings. The topological polar surface area (TPSA) is 54.9 Å². The molecule has 7 heteroatoms. The van der Waals surface area contributed by atoms with Gasteiger partial charge < -0.3 is 14.4 Å². The van der Waals surface area contributed by atoms with Crippen molar-refractivity contribution in [1.82, 2.24) is 14.8 Å². The second kappa shape index (κ2) is 10.7. The van der Waals surface area contributed by atoms with E-state index in [1.54, 1.807) is 18.4 Å². The molecule has 3 aromatic rings. The van der Waals surface area contributed by atoms with Crippen LogP contribution in [0.5, 0.6) is 5.75 Å². The summed E-state index contributed by atoms with van der Waals surface area (Å²) in [6, 6.07) is 17.9. The maximum atomic E-state index is 12.8. The predicted molar refractivity (Wildman–Crippen MR) is 127 cm³/mol. The molecular weight excluding hydrogens is 422 g/mol. The molecule has 0 saturated carbocycles. The van der Waals surface area contributed by atoms with Gasteiger partial charge in [0.2, 0.25) is 0 Å². The number of amides is 1. The van der Waals surface area contributed by atoms with Crippen LogP contribution in [0.2, 0.25) is 0 Å². The van der Waals surface area contributed by atoms with E-state index in [4.69, 9.17) is 14.5 Å². The zero-order valence-electron chi connectivity index (χ0n) is 18.6. The van der Waals surface area contributed by atoms with Gasteiger partial charge in [-0.25, -0.2) is 4.98 Å². The number of benzene rings is 2. The van der Waals surface area contributed by atoms with Crippen LogP contribution in [0.15, 0.2) is 60.0 Å². The fraction of sp³-hybridized carbons (Fsp3) is 0.360. The highest BCUT2D eigenvalue weighted by Gasteiger charge is 2.25. The maximum Gasteiger partial charge on any atom is 0.251 e. The van der Waals surface area contributed by atoms with Crippen LogP contribution >= 0.6 is 11.3 Å². The van der Waals surface area contributed by atoms with Crippen LogP contribution in [0.4, 0.5) is 0 Å². The van der Waals surface area contributed by atoms with Crippen LogP contribution in [0, 0.1) is 0 Å². The molecule has 168 valence electrons. The molecular formula is C25H29N3O3S. The fourth-order valence-electron chi connectivity index (χ4n) is 3.73. The lowest BCUT2D eigenvalue weighted by atomic mass is 10.2. The Bertz CT molecular complexity index is 999. The van der Waals surface area contributed by atoms with Crippen LogP contribution in [-0.2, 0) is 22.7 Å². The standard InChI is InChI=1S/C25H29N3O3S/c1-19(31-17-20-6-4-3-5-7-20)25(29)28-14-12-27(13-15-28)16-22-18-32-24(26-22)21-8-10-23(30-2)11-9-21/h3-11,18-19H,12-17H2,1-2H3. The zero-order chi connectivity index (χ0) is 22.3. The first-order chi connectivity index (χ1) is 15.6. The van der Waals surface area contributed by atoms with Gasteiger partial charge in [-0.15, -0.1) is 11.3 Å². The molecule has 2 aromatic carbocycles. The first kappa shape index (κ1) is 22.5. The van der Waals surface area contributed by atoms with Crippen molar-refractivity contribution < 1.29 is 14.3 Å². The second-order valence-electron chi connectivity index (χ2n) is 7.91. The molecule has 1 aliphatic heterocycles. The molecule has 6 nitrogen and oxygen atoms in total. The zero-order valence-corrected chi connectivity index (χ0v) is 19.4. The molecule has 1 aliphatic rings. The lowest BCUT2D eigenvalue weighted by Crippen LogP contribution is -2.51. The number of rotatable bonds is 8. The summed E-state index contributed by atoms with van der Waals surface area (Å²) < 4.78 is 11.0. The Morgan fingerprint density at radius 3 is 2.47 bits per heavy atom. The van der Waals surface area contributed by atoms with E-state index in [9.17, 15) is 4.79 Å². The van der Waals surface area contributed by atoms with E-state index in [1.165, 1.54) is 0 Å². The Morgan fingerprint density at radius 1 is 1.06 bits per heavy atom. The summed E-state index contributed by atoms with van der Waals surface area (Å²) >= 11 is 1.66. The van der Waals surface area contributed by atoms with Crippen molar-refractivity contribution in [3.05, 3.63) is 71.2 Å². The number of hydrogen-bond donors (Lipinski definition) is 0. The largest absolute Gasteiger partial charge is 0.497 e. The number of piperazine rings is 1. The van der Waals surface area contributed by atoms with Gasteiger partial charge in [-0.2, -0.15) is 0 Å². The van der Waals surface area contributed by atoms with Gasteiger partial charge in [0.25, 0.3) is 5.91 Å². The molecule has 0 N–H and O–H groups in total. The Labute approximate surface area is 193 Å². The third-order valence-corrected chi connectivity index (χ3v) is 6.59. The molecule has 2 heterocycles. The molecule has 1 saturated heterocycles. The van der Waals surface area contributed by atoms with E-state index in [0.717, 1.165) is 47.2 Å². The molecule has 4 rings (SSSR count). The Hall–Kier alpha value is -2.74. The van der Waals surface area contributed by atoms with Crippen LogP contribution < -0.4 is 4.74 Å². The quantitative estimate of drug-likeness (QED) is 0.517. The molecule has 0 spiro atoms. The van der Waals surface area contributed by atoms with E-state index in [0.29, 0.717) is 19.7 Å². The average Bonchev–Trinajstić information content (AvgIpc) is 3.31. The number of nitrogens with zero attached hydrogens (tertiary/aromatic N) is 3. The van der Waals surface area contributed by atoms with Gasteiger partial charge in [-0.3, -0.25) is 9.69 Å². The normalized spacial score (nSPS) is 15.5. The summed E-state index contributed by atoms with van der Waals surface area (Å²) in [6.07, 6.45) is -0.438. The van der Waals surface area contributed by atoms with Crippen molar-refractivity contribution in [1.29, 1.82) is 0 Å². The predicted octanol–water partition coefficient (Wildman–Crippen LogP) is 4.07. The van der Waals surface area contributed by atoms with Crippen LogP contribution in [-0.4, -0.2) is 60.1 Å². The first-order valence-electron chi connectivity index (χ1n) is 10.9. The number of aromatic nitrogens is 1. The third-order valence-electron chi connectivity index (χ3n) is 5.65. The highest BCUT2D eigenvalue weighted by atomic mass is 32.1. The van der Waals surface area contributed by atoms with Crippen molar-refractivity contribution in [2.24, 2.45) is 0 Å². The molecule has 0 radical (unpaired) electrons. The molecule has 0 aliphatic carbocycles. The van der Waals surface area contributed by atoms with Gasteiger partial charge in [0.05, 0.1) is 19.4 Å². The molecule has 1 amide bonds. The van der Waals surface area contributed by atoms with Gasteiger partial charge in [0.15, 0.2) is 0 Å². The van der Waals surface area contributed by atoms with Gasteiger partial charge in [0, 0.05) is 43.7 Å². The minimum atomic E-state index is -0.438. The van der Waals surface area contributed by atoms with E-state index < -0.39 is 6.10 Å². The number of carbonyl (C=O) groups excluding carboxylic acids is 1. The lowest BCUT2D eigenvalue weighted by Gasteiger charge is -2.35. The average molecular weight is 452 g/mol. The monoisotopic (exact) mass is 451 g/mol. The smallest absolute Gasteiger partial charge is 0.251 e. The molecule has 0 bridgehead atoms. The van der Waals surface area contributed by atoms with Gasteiger partial charge in [0.1, 0.15) is 16.9 Å². The van der Waals surface area contributed by atoms with E-state index in [1.807, 2.05) is 66.4 Å². The molecule has 1 unspecified atom stereocenters. The summed E-state index contributed by atoms with van der Waals surface area (Å²) in [4.78, 5) is 21.8. The minimum Gasteiger partial charge on any atom is -0.497 e. The highest BCUT2D eigenvalue weighted by Crippen LogP contribution is 2.26. The van der Waals surface area contributed by atoms with Gasteiger partial charge >= 0.3 is 0 Å². The van der Waals surface area contributed by atoms with E-state index in [-0.39, 0.29) is 5.91 Å². The van der Waals surface area contributed by atoms with Gasteiger partial charge in [-0.05, 0) is 36.8 Å². The Kier molecular flexibility index (Phi) is 7.52. The Morgan fingerprint density at radius 2 is 1.78 bits per heavy atom. The van der Waals surface area contributed by atoms with Crippen molar-refractivity contribution >= 4 is 17.2 Å². The summed E-state index contributed by atoms with van der Waals surface area (Å²) in [6.45, 7) is 6.20. The highest BCUT2D eigenvalue weighted by molar-refractivity contribution is 7.13. The van der Waals surface area contributed by atoms with Crippen molar-refractivity contribution in [3.8, 4) is 16.3 Å². The summed E-state index contributed by atoms with van der Waals surface area (Å²) in [5.41, 5.74) is 3.25. The summed E-state index contributed by atoms with van der Waals surface area (Å²) in [5, 5.41) is 3.14. The fourth-order valence-corrected chi connectivity index (χ4v) is 4.54. The van der Waals surface area contributed by atoms with Crippen molar-refractivity contribution in [2.45, 2.75) is 26.2 Å². The lowest BCUT2D eigenvalue weighted by molar-refractivity contribution is -0.145. The third kappa shape index (κ3) is 5.73. The number of thiazole rings is 1. The number of methoxy groups -OCH3 is 1. The molecule has 1 atom stereocenters. The number of carbonyl (C=O) groups is 1. The van der Waals surface area contributed by atoms with E-state index in [2.05, 4.69) is 10.3 Å². The molecule has 32 heavy (non-hydrogen) atoms. The summed E-state index contributed by atoms with van der Waals surface area (Å²) in [5.74, 6) is 0.911. The maximum absolute atomic E-state index is 12.8. The SMILES string of the molecule is COc1ccc(-c2nc(CN3CCN(C(=O)C(C)OCc4ccccc4)CC3)cs2)cc1. The number of hydrogen-bond acceptors (Lipinski definition) is 6. The van der Waals surface area contributed by atoms with Crippen LogP contribution in [0.25, 0.3) is 10.6 Å². The Balaban J connectivity index is 1.24. The minimum absolute atomic E-state index is 0.0658. The van der Waals surface area contributed by atoms with E-state index >= 15 is 0 Å². The summed E-state index contributed by atoms with van der Waals surface area (Å²) in [7, 11) is 1.67.